The van der Waals surface area contributed by atoms with Gasteiger partial charge in [-0.3, -0.25) is 0 Å². The minimum Gasteiger partial charge on any atom is -0.363 e. The lowest BCUT2D eigenvalue weighted by Gasteiger charge is -1.98. The van der Waals surface area contributed by atoms with Gasteiger partial charge in [0.1, 0.15) is 5.01 Å². The second kappa shape index (κ2) is 5.52. The third-order valence-corrected chi connectivity index (χ3v) is 4.26. The van der Waals surface area contributed by atoms with Crippen molar-refractivity contribution >= 4 is 39.8 Å². The quantitative estimate of drug-likeness (QED) is 0.864. The van der Waals surface area contributed by atoms with Crippen LogP contribution in [0, 0.1) is 0 Å². The van der Waals surface area contributed by atoms with E-state index in [1.165, 1.54) is 4.90 Å². The molecule has 0 radical (unpaired) electrons. The molecule has 0 atom stereocenters. The molecule has 6 heteroatoms. The van der Waals surface area contributed by atoms with Gasteiger partial charge in [0.15, 0.2) is 0 Å². The Balaban J connectivity index is 1.94. The maximum Gasteiger partial charge on any atom is 0.205 e. The molecule has 0 saturated carbocycles. The van der Waals surface area contributed by atoms with Crippen LogP contribution < -0.4 is 5.32 Å². The molecule has 1 heterocycles. The Labute approximate surface area is 107 Å². The number of rotatable bonds is 4. The fraction of sp³-hybridized carbons (Fsp3) is 0.200. The first-order valence-electron chi connectivity index (χ1n) is 4.66. The lowest BCUT2D eigenvalue weighted by molar-refractivity contribution is 1.04. The van der Waals surface area contributed by atoms with Crippen molar-refractivity contribution in [1.29, 1.82) is 0 Å². The number of thioether (sulfide) groups is 1. The number of nitrogens with one attached hydrogen (secondary N) is 1. The van der Waals surface area contributed by atoms with Crippen molar-refractivity contribution in [3.8, 4) is 0 Å². The second-order valence-corrected chi connectivity index (χ2v) is 5.54. The zero-order valence-electron chi connectivity index (χ0n) is 8.61. The molecule has 0 unspecified atom stereocenters. The molecule has 16 heavy (non-hydrogen) atoms. The predicted molar refractivity (Wildman–Crippen MR) is 70.5 cm³/mol. The molecule has 84 valence electrons. The maximum absolute atomic E-state index is 5.81. The van der Waals surface area contributed by atoms with Gasteiger partial charge in [0.25, 0.3) is 0 Å². The molecule has 0 bridgehead atoms. The van der Waals surface area contributed by atoms with Crippen LogP contribution in [0.1, 0.15) is 5.01 Å². The number of halogens is 1. The lowest BCUT2D eigenvalue weighted by Crippen LogP contribution is -1.84. The molecule has 1 aromatic carbocycles. The highest BCUT2D eigenvalue weighted by atomic mass is 35.5. The van der Waals surface area contributed by atoms with E-state index in [2.05, 4.69) is 15.5 Å². The normalized spacial score (nSPS) is 10.4. The highest BCUT2D eigenvalue weighted by Crippen LogP contribution is 2.26. The first-order chi connectivity index (χ1) is 7.78. The van der Waals surface area contributed by atoms with E-state index in [0.29, 0.717) is 0 Å². The molecule has 0 aliphatic carbocycles. The van der Waals surface area contributed by atoms with Crippen LogP contribution in [-0.2, 0) is 5.75 Å². The maximum atomic E-state index is 5.81. The van der Waals surface area contributed by atoms with Crippen molar-refractivity contribution in [1.82, 2.24) is 10.2 Å². The van der Waals surface area contributed by atoms with Crippen LogP contribution in [0.25, 0.3) is 0 Å². The SMILES string of the molecule is CNc1nnc(CSc2ccc(Cl)cc2)s1. The van der Waals surface area contributed by atoms with E-state index in [4.69, 9.17) is 11.6 Å². The van der Waals surface area contributed by atoms with Gasteiger partial charge in [-0.2, -0.15) is 0 Å². The fourth-order valence-corrected chi connectivity index (χ4v) is 2.79. The van der Waals surface area contributed by atoms with Gasteiger partial charge in [0.05, 0.1) is 5.75 Å². The van der Waals surface area contributed by atoms with Crippen molar-refractivity contribution in [2.75, 3.05) is 12.4 Å². The first kappa shape index (κ1) is 11.7. The predicted octanol–water partition coefficient (Wildman–Crippen LogP) is 3.53. The zero-order valence-corrected chi connectivity index (χ0v) is 11.0. The monoisotopic (exact) mass is 271 g/mol. The molecule has 0 aliphatic heterocycles. The van der Waals surface area contributed by atoms with Gasteiger partial charge in [-0.1, -0.05) is 22.9 Å². The number of aromatic nitrogens is 2. The summed E-state index contributed by atoms with van der Waals surface area (Å²) in [5.74, 6) is 0.834. The molecule has 0 fully saturated rings. The van der Waals surface area contributed by atoms with Crippen LogP contribution in [0.3, 0.4) is 0 Å². The van der Waals surface area contributed by atoms with Gasteiger partial charge >= 0.3 is 0 Å². The van der Waals surface area contributed by atoms with Gasteiger partial charge < -0.3 is 5.32 Å². The summed E-state index contributed by atoms with van der Waals surface area (Å²) in [5.41, 5.74) is 0. The Hall–Kier alpha value is -0.780. The van der Waals surface area contributed by atoms with Crippen LogP contribution in [0.4, 0.5) is 5.13 Å². The van der Waals surface area contributed by atoms with Gasteiger partial charge in [0, 0.05) is 17.0 Å². The average molecular weight is 272 g/mol. The highest BCUT2D eigenvalue weighted by molar-refractivity contribution is 7.98. The van der Waals surface area contributed by atoms with Crippen LogP contribution in [-0.4, -0.2) is 17.2 Å². The molecule has 0 spiro atoms. The molecule has 0 amide bonds. The molecular weight excluding hydrogens is 262 g/mol. The summed E-state index contributed by atoms with van der Waals surface area (Å²) >= 11 is 9.12. The Bertz CT molecular complexity index is 455. The molecule has 0 aliphatic rings. The first-order valence-corrected chi connectivity index (χ1v) is 6.84. The van der Waals surface area contributed by atoms with E-state index in [9.17, 15) is 0 Å². The molecule has 2 rings (SSSR count). The van der Waals surface area contributed by atoms with Gasteiger partial charge in [0.2, 0.25) is 5.13 Å². The Morgan fingerprint density at radius 3 is 2.69 bits per heavy atom. The molecule has 1 aromatic heterocycles. The number of anilines is 1. The summed E-state index contributed by atoms with van der Waals surface area (Å²) < 4.78 is 0. The number of hydrogen-bond acceptors (Lipinski definition) is 5. The van der Waals surface area contributed by atoms with Crippen LogP contribution in [0.2, 0.25) is 5.02 Å². The van der Waals surface area contributed by atoms with E-state index < -0.39 is 0 Å². The number of benzene rings is 1. The fourth-order valence-electron chi connectivity index (χ4n) is 1.09. The number of nitrogens with zero attached hydrogens (tertiary/aromatic N) is 2. The third-order valence-electron chi connectivity index (χ3n) is 1.86. The minimum atomic E-state index is 0.762. The van der Waals surface area contributed by atoms with Gasteiger partial charge in [-0.05, 0) is 24.3 Å². The molecule has 0 saturated heterocycles. The Morgan fingerprint density at radius 2 is 2.06 bits per heavy atom. The minimum absolute atomic E-state index is 0.762. The summed E-state index contributed by atoms with van der Waals surface area (Å²) in [6.45, 7) is 0. The summed E-state index contributed by atoms with van der Waals surface area (Å²) in [6.07, 6.45) is 0. The summed E-state index contributed by atoms with van der Waals surface area (Å²) in [7, 11) is 1.84. The van der Waals surface area contributed by atoms with E-state index in [1.807, 2.05) is 31.3 Å². The molecule has 2 aromatic rings. The van der Waals surface area contributed by atoms with E-state index >= 15 is 0 Å². The standard InChI is InChI=1S/C10H10ClN3S2/c1-12-10-14-13-9(16-10)6-15-8-4-2-7(11)3-5-8/h2-5H,6H2,1H3,(H,12,14). The third kappa shape index (κ3) is 3.10. The highest BCUT2D eigenvalue weighted by Gasteiger charge is 2.03. The van der Waals surface area contributed by atoms with Crippen molar-refractivity contribution < 1.29 is 0 Å². The lowest BCUT2D eigenvalue weighted by atomic mass is 10.4. The summed E-state index contributed by atoms with van der Waals surface area (Å²) in [4.78, 5) is 1.19. The average Bonchev–Trinajstić information content (AvgIpc) is 2.76. The van der Waals surface area contributed by atoms with Crippen LogP contribution >= 0.6 is 34.7 Å². The van der Waals surface area contributed by atoms with Gasteiger partial charge in [-0.25, -0.2) is 0 Å². The van der Waals surface area contributed by atoms with Crippen molar-refractivity contribution in [3.63, 3.8) is 0 Å². The van der Waals surface area contributed by atoms with Crippen LogP contribution in [0.5, 0.6) is 0 Å². The van der Waals surface area contributed by atoms with E-state index in [1.54, 1.807) is 23.1 Å². The largest absolute Gasteiger partial charge is 0.363 e. The molecule has 1 N–H and O–H groups in total. The van der Waals surface area contributed by atoms with Crippen molar-refractivity contribution in [2.24, 2.45) is 0 Å². The van der Waals surface area contributed by atoms with Crippen LogP contribution in [0.15, 0.2) is 29.2 Å². The van der Waals surface area contributed by atoms with Crippen molar-refractivity contribution in [3.05, 3.63) is 34.3 Å². The van der Waals surface area contributed by atoms with Gasteiger partial charge in [-0.15, -0.1) is 22.0 Å². The Morgan fingerprint density at radius 1 is 1.31 bits per heavy atom. The topological polar surface area (TPSA) is 37.8 Å². The summed E-state index contributed by atoms with van der Waals surface area (Å²) in [6, 6.07) is 7.80. The second-order valence-electron chi connectivity index (χ2n) is 2.99. The zero-order chi connectivity index (χ0) is 11.4. The molecule has 3 nitrogen and oxygen atoms in total. The van der Waals surface area contributed by atoms with E-state index in [0.717, 1.165) is 20.9 Å². The molecular formula is C10H10ClN3S2. The Kier molecular flexibility index (Phi) is 4.04. The van der Waals surface area contributed by atoms with E-state index in [-0.39, 0.29) is 0 Å². The number of hydrogen-bond donors (Lipinski definition) is 1. The smallest absolute Gasteiger partial charge is 0.205 e. The summed E-state index contributed by atoms with van der Waals surface area (Å²) in [5, 5.41) is 13.7. The van der Waals surface area contributed by atoms with Crippen molar-refractivity contribution in [2.45, 2.75) is 10.6 Å².